The minimum atomic E-state index is 0.444. The van der Waals surface area contributed by atoms with Gasteiger partial charge in [-0.2, -0.15) is 0 Å². The highest BCUT2D eigenvalue weighted by Crippen LogP contribution is 2.06. The average Bonchev–Trinajstić information content (AvgIpc) is 2.37. The van der Waals surface area contributed by atoms with Crippen molar-refractivity contribution < 1.29 is 9.73 Å². The van der Waals surface area contributed by atoms with Crippen LogP contribution >= 0.6 is 0 Å². The topological polar surface area (TPSA) is 29.8 Å². The summed E-state index contributed by atoms with van der Waals surface area (Å²) < 4.78 is 5.15. The molecule has 9 heavy (non-hydrogen) atoms. The van der Waals surface area contributed by atoms with E-state index in [9.17, 15) is 0 Å². The monoisotopic (exact) mass is 126 g/mol. The Bertz CT molecular complexity index is 157. The molecule has 2 nitrogen and oxygen atoms in total. The van der Waals surface area contributed by atoms with E-state index in [-0.39, 0.29) is 0 Å². The van der Waals surface area contributed by atoms with Gasteiger partial charge in [0.1, 0.15) is 6.04 Å². The van der Waals surface area contributed by atoms with E-state index < -0.39 is 0 Å². The van der Waals surface area contributed by atoms with E-state index in [4.69, 9.17) is 4.42 Å². The van der Waals surface area contributed by atoms with Crippen LogP contribution in [0.3, 0.4) is 0 Å². The summed E-state index contributed by atoms with van der Waals surface area (Å²) in [5.74, 6) is 1.04. The van der Waals surface area contributed by atoms with E-state index in [2.05, 4.69) is 12.2 Å². The molecule has 1 rings (SSSR count). The predicted octanol–water partition coefficient (Wildman–Crippen LogP) is 0.534. The maximum absolute atomic E-state index is 5.15. The molecule has 1 atom stereocenters. The summed E-state index contributed by atoms with van der Waals surface area (Å²) in [4.78, 5) is 0. The molecule has 0 aromatic carbocycles. The first kappa shape index (κ1) is 6.36. The number of furan rings is 1. The van der Waals surface area contributed by atoms with E-state index >= 15 is 0 Å². The number of hydrogen-bond acceptors (Lipinski definition) is 1. The summed E-state index contributed by atoms with van der Waals surface area (Å²) in [6.45, 7) is 2.11. The Kier molecular flexibility index (Phi) is 1.90. The summed E-state index contributed by atoms with van der Waals surface area (Å²) in [7, 11) is 2.03. The van der Waals surface area contributed by atoms with Crippen molar-refractivity contribution in [2.75, 3.05) is 7.05 Å². The molecule has 0 unspecified atom stereocenters. The third-order valence-electron chi connectivity index (χ3n) is 1.49. The lowest BCUT2D eigenvalue weighted by Gasteiger charge is -2.00. The SMILES string of the molecule is C[NH2+][C@@H](C)c1ccco1. The lowest BCUT2D eigenvalue weighted by atomic mass is 10.3. The van der Waals surface area contributed by atoms with Gasteiger partial charge < -0.3 is 9.73 Å². The summed E-state index contributed by atoms with van der Waals surface area (Å²) in [6, 6.07) is 4.35. The van der Waals surface area contributed by atoms with Crippen molar-refractivity contribution in [3.05, 3.63) is 24.2 Å². The van der Waals surface area contributed by atoms with Gasteiger partial charge in [-0.05, 0) is 19.1 Å². The van der Waals surface area contributed by atoms with Crippen LogP contribution in [0.15, 0.2) is 22.8 Å². The molecule has 0 saturated heterocycles. The van der Waals surface area contributed by atoms with Crippen molar-refractivity contribution in [2.24, 2.45) is 0 Å². The van der Waals surface area contributed by atoms with Crippen LogP contribution in [0.25, 0.3) is 0 Å². The van der Waals surface area contributed by atoms with E-state index in [1.54, 1.807) is 6.26 Å². The Labute approximate surface area is 54.9 Å². The average molecular weight is 126 g/mol. The van der Waals surface area contributed by atoms with Gasteiger partial charge in [-0.25, -0.2) is 0 Å². The molecule has 0 spiro atoms. The fourth-order valence-electron chi connectivity index (χ4n) is 0.715. The Morgan fingerprint density at radius 3 is 2.89 bits per heavy atom. The third kappa shape index (κ3) is 1.33. The zero-order valence-corrected chi connectivity index (χ0v) is 5.79. The van der Waals surface area contributed by atoms with Crippen molar-refractivity contribution in [3.63, 3.8) is 0 Å². The molecule has 0 fully saturated rings. The molecular formula is C7H12NO+. The van der Waals surface area contributed by atoms with Gasteiger partial charge in [-0.1, -0.05) is 0 Å². The van der Waals surface area contributed by atoms with Gasteiger partial charge in [0, 0.05) is 0 Å². The minimum absolute atomic E-state index is 0.444. The van der Waals surface area contributed by atoms with Gasteiger partial charge >= 0.3 is 0 Å². The Morgan fingerprint density at radius 2 is 2.44 bits per heavy atom. The largest absolute Gasteiger partial charge is 0.463 e. The fraction of sp³-hybridized carbons (Fsp3) is 0.429. The van der Waals surface area contributed by atoms with Crippen LogP contribution in [0.4, 0.5) is 0 Å². The molecule has 0 aliphatic heterocycles. The quantitative estimate of drug-likeness (QED) is 0.615. The first-order chi connectivity index (χ1) is 4.34. The predicted molar refractivity (Wildman–Crippen MR) is 35.0 cm³/mol. The van der Waals surface area contributed by atoms with Gasteiger partial charge in [0.25, 0.3) is 0 Å². The second-order valence-electron chi connectivity index (χ2n) is 2.14. The van der Waals surface area contributed by atoms with Crippen LogP contribution in [0.2, 0.25) is 0 Å². The van der Waals surface area contributed by atoms with Gasteiger partial charge in [0.2, 0.25) is 0 Å². The number of rotatable bonds is 2. The van der Waals surface area contributed by atoms with Crippen LogP contribution in [-0.2, 0) is 0 Å². The minimum Gasteiger partial charge on any atom is -0.463 e. The number of hydrogen-bond donors (Lipinski definition) is 1. The fourth-order valence-corrected chi connectivity index (χ4v) is 0.715. The zero-order valence-electron chi connectivity index (χ0n) is 5.79. The maximum atomic E-state index is 5.15. The highest BCUT2D eigenvalue weighted by atomic mass is 16.3. The van der Waals surface area contributed by atoms with Gasteiger partial charge in [-0.15, -0.1) is 0 Å². The molecule has 0 amide bonds. The molecule has 0 saturated carbocycles. The number of nitrogens with two attached hydrogens (primary N) is 1. The molecule has 1 heterocycles. The lowest BCUT2D eigenvalue weighted by Crippen LogP contribution is -2.80. The van der Waals surface area contributed by atoms with Crippen LogP contribution in [-0.4, -0.2) is 7.05 Å². The highest BCUT2D eigenvalue weighted by Gasteiger charge is 2.06. The normalized spacial score (nSPS) is 13.6. The van der Waals surface area contributed by atoms with E-state index in [1.807, 2.05) is 19.2 Å². The molecule has 2 N–H and O–H groups in total. The molecule has 1 aromatic heterocycles. The molecule has 0 radical (unpaired) electrons. The molecule has 0 aliphatic rings. The van der Waals surface area contributed by atoms with Crippen molar-refractivity contribution in [2.45, 2.75) is 13.0 Å². The van der Waals surface area contributed by atoms with Gasteiger partial charge in [0.05, 0.1) is 13.3 Å². The van der Waals surface area contributed by atoms with E-state index in [1.165, 1.54) is 0 Å². The van der Waals surface area contributed by atoms with Gasteiger partial charge in [0.15, 0.2) is 5.76 Å². The Hall–Kier alpha value is -0.760. The second-order valence-corrected chi connectivity index (χ2v) is 2.14. The standard InChI is InChI=1S/C7H11NO/c1-6(8-2)7-4-3-5-9-7/h3-6,8H,1-2H3/p+1/t6-/m0/s1. The molecule has 0 aliphatic carbocycles. The van der Waals surface area contributed by atoms with E-state index in [0.29, 0.717) is 6.04 Å². The highest BCUT2D eigenvalue weighted by molar-refractivity contribution is 4.99. The first-order valence-corrected chi connectivity index (χ1v) is 3.17. The summed E-state index contributed by atoms with van der Waals surface area (Å²) >= 11 is 0. The molecule has 50 valence electrons. The smallest absolute Gasteiger partial charge is 0.160 e. The summed E-state index contributed by atoms with van der Waals surface area (Å²) in [5, 5.41) is 2.11. The Balaban J connectivity index is 2.65. The lowest BCUT2D eigenvalue weighted by molar-refractivity contribution is -0.668. The van der Waals surface area contributed by atoms with Crippen LogP contribution in [0.5, 0.6) is 0 Å². The summed E-state index contributed by atoms with van der Waals surface area (Å²) in [5.41, 5.74) is 0. The van der Waals surface area contributed by atoms with Crippen LogP contribution in [0, 0.1) is 0 Å². The number of quaternary nitrogens is 1. The molecule has 2 heteroatoms. The van der Waals surface area contributed by atoms with E-state index in [0.717, 1.165) is 5.76 Å². The van der Waals surface area contributed by atoms with Crippen molar-refractivity contribution in [3.8, 4) is 0 Å². The Morgan fingerprint density at radius 1 is 1.67 bits per heavy atom. The molecular weight excluding hydrogens is 114 g/mol. The van der Waals surface area contributed by atoms with Crippen LogP contribution in [0.1, 0.15) is 18.7 Å². The first-order valence-electron chi connectivity index (χ1n) is 3.17. The van der Waals surface area contributed by atoms with Crippen LogP contribution < -0.4 is 5.32 Å². The summed E-state index contributed by atoms with van der Waals surface area (Å²) in [6.07, 6.45) is 1.70. The van der Waals surface area contributed by atoms with Crippen molar-refractivity contribution in [1.29, 1.82) is 0 Å². The van der Waals surface area contributed by atoms with Gasteiger partial charge in [-0.3, -0.25) is 0 Å². The molecule has 1 aromatic rings. The van der Waals surface area contributed by atoms with Crippen molar-refractivity contribution >= 4 is 0 Å². The zero-order chi connectivity index (χ0) is 6.69. The molecule has 0 bridgehead atoms. The van der Waals surface area contributed by atoms with Crippen molar-refractivity contribution in [1.82, 2.24) is 0 Å². The second kappa shape index (κ2) is 2.69. The third-order valence-corrected chi connectivity index (χ3v) is 1.49. The maximum Gasteiger partial charge on any atom is 0.160 e.